The monoisotopic (exact) mass is 415 g/mol. The van der Waals surface area contributed by atoms with E-state index in [1.807, 2.05) is 0 Å². The molecule has 1 aromatic heterocycles. The SMILES string of the molecule is Cc1noc(C)c1S(=O)(=O)N1CCN(C(=O)C(C)OCC2CCCCO2)CC1. The average Bonchev–Trinajstić information content (AvgIpc) is 3.05. The topological polar surface area (TPSA) is 102 Å². The third-order valence-electron chi connectivity index (χ3n) is 5.27. The van der Waals surface area contributed by atoms with E-state index in [1.165, 1.54) is 4.31 Å². The van der Waals surface area contributed by atoms with E-state index in [0.29, 0.717) is 25.4 Å². The predicted molar refractivity (Wildman–Crippen MR) is 100 cm³/mol. The number of amides is 1. The van der Waals surface area contributed by atoms with Gasteiger partial charge in [0.2, 0.25) is 10.0 Å². The molecule has 3 heterocycles. The van der Waals surface area contributed by atoms with Crippen molar-refractivity contribution < 1.29 is 27.2 Å². The summed E-state index contributed by atoms with van der Waals surface area (Å²) in [5, 5.41) is 3.73. The Balaban J connectivity index is 1.52. The van der Waals surface area contributed by atoms with Crippen LogP contribution >= 0.6 is 0 Å². The zero-order valence-electron chi connectivity index (χ0n) is 16.7. The lowest BCUT2D eigenvalue weighted by molar-refractivity contribution is -0.147. The van der Waals surface area contributed by atoms with E-state index in [1.54, 1.807) is 25.7 Å². The molecule has 2 saturated heterocycles. The first-order chi connectivity index (χ1) is 13.3. The smallest absolute Gasteiger partial charge is 0.251 e. The summed E-state index contributed by atoms with van der Waals surface area (Å²) in [7, 11) is -3.68. The van der Waals surface area contributed by atoms with Crippen molar-refractivity contribution in [2.45, 2.75) is 57.1 Å². The summed E-state index contributed by atoms with van der Waals surface area (Å²) in [6.45, 7) is 7.21. The largest absolute Gasteiger partial charge is 0.376 e. The fraction of sp³-hybridized carbons (Fsp3) is 0.778. The summed E-state index contributed by atoms with van der Waals surface area (Å²) in [4.78, 5) is 14.4. The maximum atomic E-state index is 12.9. The molecule has 28 heavy (non-hydrogen) atoms. The van der Waals surface area contributed by atoms with E-state index in [4.69, 9.17) is 14.0 Å². The van der Waals surface area contributed by atoms with Crippen LogP contribution in [0.5, 0.6) is 0 Å². The Morgan fingerprint density at radius 3 is 2.54 bits per heavy atom. The van der Waals surface area contributed by atoms with Crippen LogP contribution in [0.25, 0.3) is 0 Å². The van der Waals surface area contributed by atoms with Gasteiger partial charge < -0.3 is 18.9 Å². The highest BCUT2D eigenvalue weighted by molar-refractivity contribution is 7.89. The van der Waals surface area contributed by atoms with Crippen molar-refractivity contribution >= 4 is 15.9 Å². The Kier molecular flexibility index (Phi) is 6.74. The Hall–Kier alpha value is -1.49. The zero-order chi connectivity index (χ0) is 20.3. The number of rotatable bonds is 6. The Morgan fingerprint density at radius 1 is 1.25 bits per heavy atom. The molecule has 0 aliphatic carbocycles. The molecule has 0 bridgehead atoms. The maximum absolute atomic E-state index is 12.9. The van der Waals surface area contributed by atoms with Crippen LogP contribution in [0.4, 0.5) is 0 Å². The molecule has 3 rings (SSSR count). The number of ether oxygens (including phenoxy) is 2. The van der Waals surface area contributed by atoms with Crippen molar-refractivity contribution in [1.29, 1.82) is 0 Å². The molecular weight excluding hydrogens is 386 g/mol. The van der Waals surface area contributed by atoms with Crippen LogP contribution in [0.15, 0.2) is 9.42 Å². The lowest BCUT2D eigenvalue weighted by Crippen LogP contribution is -2.53. The number of aromatic nitrogens is 1. The second-order valence-electron chi connectivity index (χ2n) is 7.35. The van der Waals surface area contributed by atoms with Gasteiger partial charge in [-0.2, -0.15) is 4.31 Å². The van der Waals surface area contributed by atoms with Crippen molar-refractivity contribution in [1.82, 2.24) is 14.4 Å². The summed E-state index contributed by atoms with van der Waals surface area (Å²) in [5.74, 6) is 0.160. The van der Waals surface area contributed by atoms with Gasteiger partial charge in [0, 0.05) is 32.8 Å². The molecular formula is C18H29N3O6S. The average molecular weight is 416 g/mol. The number of aryl methyl sites for hydroxylation is 2. The lowest BCUT2D eigenvalue weighted by atomic mass is 10.1. The van der Waals surface area contributed by atoms with E-state index in [-0.39, 0.29) is 35.8 Å². The number of sulfonamides is 1. The van der Waals surface area contributed by atoms with Gasteiger partial charge in [0.1, 0.15) is 16.7 Å². The molecule has 0 radical (unpaired) electrons. The third kappa shape index (κ3) is 4.56. The van der Waals surface area contributed by atoms with Crippen molar-refractivity contribution in [2.75, 3.05) is 39.4 Å². The molecule has 2 fully saturated rings. The van der Waals surface area contributed by atoms with E-state index >= 15 is 0 Å². The quantitative estimate of drug-likeness (QED) is 0.685. The molecule has 0 saturated carbocycles. The molecule has 2 aliphatic rings. The molecule has 9 nitrogen and oxygen atoms in total. The first-order valence-electron chi connectivity index (χ1n) is 9.75. The highest BCUT2D eigenvalue weighted by Gasteiger charge is 2.35. The van der Waals surface area contributed by atoms with E-state index in [9.17, 15) is 13.2 Å². The molecule has 0 aromatic carbocycles. The van der Waals surface area contributed by atoms with Gasteiger partial charge in [-0.1, -0.05) is 5.16 Å². The highest BCUT2D eigenvalue weighted by atomic mass is 32.2. The number of nitrogens with zero attached hydrogens (tertiary/aromatic N) is 3. The number of hydrogen-bond donors (Lipinski definition) is 0. The standard InChI is InChI=1S/C18H29N3O6S/c1-13-17(14(2)27-19-13)28(23,24)21-9-7-20(8-10-21)18(22)15(3)26-12-16-6-4-5-11-25-16/h15-16H,4-12H2,1-3H3. The van der Waals surface area contributed by atoms with Gasteiger partial charge in [-0.15, -0.1) is 0 Å². The van der Waals surface area contributed by atoms with Crippen LogP contribution in [-0.4, -0.2) is 80.3 Å². The van der Waals surface area contributed by atoms with Crippen molar-refractivity contribution in [2.24, 2.45) is 0 Å². The Morgan fingerprint density at radius 2 is 1.96 bits per heavy atom. The highest BCUT2D eigenvalue weighted by Crippen LogP contribution is 2.24. The molecule has 158 valence electrons. The molecule has 10 heteroatoms. The van der Waals surface area contributed by atoms with Crippen LogP contribution in [0.3, 0.4) is 0 Å². The van der Waals surface area contributed by atoms with Crippen LogP contribution in [-0.2, 0) is 24.3 Å². The zero-order valence-corrected chi connectivity index (χ0v) is 17.5. The van der Waals surface area contributed by atoms with Crippen molar-refractivity contribution in [3.63, 3.8) is 0 Å². The fourth-order valence-corrected chi connectivity index (χ4v) is 5.35. The summed E-state index contributed by atoms with van der Waals surface area (Å²) in [6, 6.07) is 0. The van der Waals surface area contributed by atoms with Crippen LogP contribution in [0, 0.1) is 13.8 Å². The van der Waals surface area contributed by atoms with Crippen molar-refractivity contribution in [3.8, 4) is 0 Å². The van der Waals surface area contributed by atoms with Crippen LogP contribution < -0.4 is 0 Å². The second kappa shape index (κ2) is 8.89. The van der Waals surface area contributed by atoms with Gasteiger partial charge in [0.05, 0.1) is 12.7 Å². The first kappa shape index (κ1) is 21.2. The number of hydrogen-bond acceptors (Lipinski definition) is 7. The fourth-order valence-electron chi connectivity index (χ4n) is 3.64. The minimum absolute atomic E-state index is 0.0565. The lowest BCUT2D eigenvalue weighted by Gasteiger charge is -2.35. The minimum Gasteiger partial charge on any atom is -0.376 e. The Bertz CT molecular complexity index is 760. The van der Waals surface area contributed by atoms with Gasteiger partial charge in [-0.05, 0) is 40.0 Å². The van der Waals surface area contributed by atoms with Gasteiger partial charge in [-0.25, -0.2) is 8.42 Å². The second-order valence-corrected chi connectivity index (χ2v) is 9.22. The summed E-state index contributed by atoms with van der Waals surface area (Å²) < 4.78 is 43.4. The third-order valence-corrected chi connectivity index (χ3v) is 7.41. The van der Waals surface area contributed by atoms with Crippen LogP contribution in [0.2, 0.25) is 0 Å². The molecule has 0 N–H and O–H groups in total. The van der Waals surface area contributed by atoms with Crippen LogP contribution in [0.1, 0.15) is 37.6 Å². The minimum atomic E-state index is -3.68. The first-order valence-corrected chi connectivity index (χ1v) is 11.2. The van der Waals surface area contributed by atoms with E-state index < -0.39 is 16.1 Å². The normalized spacial score (nSPS) is 23.0. The van der Waals surface area contributed by atoms with Gasteiger partial charge in [-0.3, -0.25) is 4.79 Å². The molecule has 2 atom stereocenters. The number of carbonyl (C=O) groups excluding carboxylic acids is 1. The molecule has 0 spiro atoms. The molecule has 1 aromatic rings. The maximum Gasteiger partial charge on any atom is 0.251 e. The predicted octanol–water partition coefficient (Wildman–Crippen LogP) is 1.10. The van der Waals surface area contributed by atoms with E-state index in [0.717, 1.165) is 25.9 Å². The van der Waals surface area contributed by atoms with Gasteiger partial charge in [0.15, 0.2) is 5.76 Å². The summed E-state index contributed by atoms with van der Waals surface area (Å²) >= 11 is 0. The number of carbonyl (C=O) groups is 1. The Labute approximate surface area is 166 Å². The van der Waals surface area contributed by atoms with Gasteiger partial charge in [0.25, 0.3) is 5.91 Å². The van der Waals surface area contributed by atoms with E-state index in [2.05, 4.69) is 5.16 Å². The molecule has 2 unspecified atom stereocenters. The summed E-state index contributed by atoms with van der Waals surface area (Å²) in [6.07, 6.45) is 2.64. The molecule has 2 aliphatic heterocycles. The van der Waals surface area contributed by atoms with Crippen molar-refractivity contribution in [3.05, 3.63) is 11.5 Å². The number of piperazine rings is 1. The summed E-state index contributed by atoms with van der Waals surface area (Å²) in [5.41, 5.74) is 0.350. The molecule has 1 amide bonds. The van der Waals surface area contributed by atoms with Gasteiger partial charge >= 0.3 is 0 Å².